The van der Waals surface area contributed by atoms with Crippen molar-refractivity contribution in [2.45, 2.75) is 32.2 Å². The van der Waals surface area contributed by atoms with Crippen LogP contribution in [0.3, 0.4) is 0 Å². The summed E-state index contributed by atoms with van der Waals surface area (Å²) in [4.78, 5) is 5.30. The van der Waals surface area contributed by atoms with Crippen molar-refractivity contribution in [1.82, 2.24) is 9.80 Å². The molecule has 3 heteroatoms. The molecule has 0 saturated carbocycles. The van der Waals surface area contributed by atoms with E-state index < -0.39 is 0 Å². The van der Waals surface area contributed by atoms with E-state index in [2.05, 4.69) is 32.7 Å². The molecule has 2 rings (SSSR count). The molecule has 2 saturated heterocycles. The van der Waals surface area contributed by atoms with E-state index in [9.17, 15) is 0 Å². The summed E-state index contributed by atoms with van der Waals surface area (Å²) >= 11 is 3.66. The standard InChI is InChI=1S/C12H23BrN2/c1-11-4-7-15(12(11)10-13)9-8-14-5-2-3-6-14/h11-12H,2-10H2,1H3. The molecular weight excluding hydrogens is 252 g/mol. The maximum absolute atomic E-state index is 3.66. The van der Waals surface area contributed by atoms with Gasteiger partial charge in [-0.25, -0.2) is 0 Å². The summed E-state index contributed by atoms with van der Waals surface area (Å²) < 4.78 is 0. The fourth-order valence-electron chi connectivity index (χ4n) is 2.89. The third kappa shape index (κ3) is 2.95. The van der Waals surface area contributed by atoms with Crippen LogP contribution in [0.1, 0.15) is 26.2 Å². The van der Waals surface area contributed by atoms with E-state index >= 15 is 0 Å². The molecule has 2 nitrogen and oxygen atoms in total. The molecular formula is C12H23BrN2. The zero-order valence-electron chi connectivity index (χ0n) is 9.79. The molecule has 0 amide bonds. The normalized spacial score (nSPS) is 34.0. The molecule has 2 aliphatic heterocycles. The SMILES string of the molecule is CC1CCN(CCN2CCCC2)C1CBr. The Balaban J connectivity index is 1.73. The van der Waals surface area contributed by atoms with Crippen LogP contribution >= 0.6 is 15.9 Å². The van der Waals surface area contributed by atoms with Gasteiger partial charge in [-0.15, -0.1) is 0 Å². The molecule has 0 N–H and O–H groups in total. The quantitative estimate of drug-likeness (QED) is 0.726. The molecule has 15 heavy (non-hydrogen) atoms. The summed E-state index contributed by atoms with van der Waals surface area (Å²) in [6.07, 6.45) is 4.22. The molecule has 0 bridgehead atoms. The minimum absolute atomic E-state index is 0.785. The van der Waals surface area contributed by atoms with E-state index in [4.69, 9.17) is 0 Å². The summed E-state index contributed by atoms with van der Waals surface area (Å²) in [5.41, 5.74) is 0. The minimum atomic E-state index is 0.785. The van der Waals surface area contributed by atoms with Crippen molar-refractivity contribution >= 4 is 15.9 Å². The summed E-state index contributed by atoms with van der Waals surface area (Å²) in [5.74, 6) is 0.878. The number of hydrogen-bond donors (Lipinski definition) is 0. The van der Waals surface area contributed by atoms with Gasteiger partial charge in [0.15, 0.2) is 0 Å². The van der Waals surface area contributed by atoms with Crippen LogP contribution in [-0.2, 0) is 0 Å². The van der Waals surface area contributed by atoms with Crippen molar-refractivity contribution in [2.24, 2.45) is 5.92 Å². The van der Waals surface area contributed by atoms with Crippen molar-refractivity contribution in [1.29, 1.82) is 0 Å². The Labute approximate surface area is 102 Å². The van der Waals surface area contributed by atoms with Gasteiger partial charge in [-0.2, -0.15) is 0 Å². The molecule has 2 fully saturated rings. The van der Waals surface area contributed by atoms with Gasteiger partial charge in [0.25, 0.3) is 0 Å². The number of rotatable bonds is 4. The Kier molecular flexibility index (Phi) is 4.47. The second kappa shape index (κ2) is 5.65. The Bertz CT molecular complexity index is 192. The van der Waals surface area contributed by atoms with E-state index in [0.29, 0.717) is 0 Å². The minimum Gasteiger partial charge on any atom is -0.302 e. The van der Waals surface area contributed by atoms with Crippen molar-refractivity contribution in [3.8, 4) is 0 Å². The van der Waals surface area contributed by atoms with Crippen molar-refractivity contribution in [2.75, 3.05) is 38.1 Å². The Morgan fingerprint density at radius 1 is 1.13 bits per heavy atom. The zero-order chi connectivity index (χ0) is 10.7. The van der Waals surface area contributed by atoms with E-state index in [0.717, 1.165) is 17.3 Å². The summed E-state index contributed by atoms with van der Waals surface area (Å²) in [6.45, 7) is 8.94. The van der Waals surface area contributed by atoms with Gasteiger partial charge in [0.2, 0.25) is 0 Å². The summed E-state index contributed by atoms with van der Waals surface area (Å²) in [7, 11) is 0. The lowest BCUT2D eigenvalue weighted by atomic mass is 10.1. The number of alkyl halides is 1. The molecule has 0 aromatic rings. The summed E-state index contributed by atoms with van der Waals surface area (Å²) in [5, 5.41) is 1.15. The number of halogens is 1. The van der Waals surface area contributed by atoms with E-state index in [1.165, 1.54) is 52.0 Å². The summed E-state index contributed by atoms with van der Waals surface area (Å²) in [6, 6.07) is 0.785. The van der Waals surface area contributed by atoms with Gasteiger partial charge in [-0.05, 0) is 44.8 Å². The maximum atomic E-state index is 3.66. The van der Waals surface area contributed by atoms with Crippen LogP contribution in [0.4, 0.5) is 0 Å². The zero-order valence-corrected chi connectivity index (χ0v) is 11.4. The highest BCUT2D eigenvalue weighted by Crippen LogP contribution is 2.25. The average molecular weight is 275 g/mol. The van der Waals surface area contributed by atoms with Crippen LogP contribution in [0.2, 0.25) is 0 Å². The van der Waals surface area contributed by atoms with Crippen LogP contribution in [0.15, 0.2) is 0 Å². The van der Waals surface area contributed by atoms with Crippen LogP contribution in [-0.4, -0.2) is 53.9 Å². The third-order valence-corrected chi connectivity index (χ3v) is 4.72. The number of nitrogens with zero attached hydrogens (tertiary/aromatic N) is 2. The van der Waals surface area contributed by atoms with E-state index in [1.807, 2.05) is 0 Å². The predicted molar refractivity (Wildman–Crippen MR) is 68.6 cm³/mol. The van der Waals surface area contributed by atoms with Crippen LogP contribution in [0.5, 0.6) is 0 Å². The first kappa shape index (κ1) is 11.9. The number of hydrogen-bond acceptors (Lipinski definition) is 2. The lowest BCUT2D eigenvalue weighted by Gasteiger charge is -2.27. The van der Waals surface area contributed by atoms with Gasteiger partial charge in [-0.3, -0.25) is 4.90 Å². The van der Waals surface area contributed by atoms with Gasteiger partial charge in [0.1, 0.15) is 0 Å². The Morgan fingerprint density at radius 2 is 1.87 bits per heavy atom. The maximum Gasteiger partial charge on any atom is 0.0219 e. The fraction of sp³-hybridized carbons (Fsp3) is 1.00. The topological polar surface area (TPSA) is 6.48 Å². The van der Waals surface area contributed by atoms with E-state index in [-0.39, 0.29) is 0 Å². The van der Waals surface area contributed by atoms with Crippen LogP contribution in [0.25, 0.3) is 0 Å². The third-order valence-electron chi connectivity index (χ3n) is 4.06. The largest absolute Gasteiger partial charge is 0.302 e. The molecule has 2 atom stereocenters. The van der Waals surface area contributed by atoms with Crippen LogP contribution < -0.4 is 0 Å². The molecule has 0 aliphatic carbocycles. The fourth-order valence-corrected chi connectivity index (χ4v) is 3.94. The second-order valence-electron chi connectivity index (χ2n) is 5.07. The van der Waals surface area contributed by atoms with E-state index in [1.54, 1.807) is 0 Å². The highest BCUT2D eigenvalue weighted by Gasteiger charge is 2.30. The Hall–Kier alpha value is 0.400. The first-order valence-electron chi connectivity index (χ1n) is 6.33. The van der Waals surface area contributed by atoms with Crippen molar-refractivity contribution in [3.05, 3.63) is 0 Å². The van der Waals surface area contributed by atoms with Crippen molar-refractivity contribution < 1.29 is 0 Å². The highest BCUT2D eigenvalue weighted by atomic mass is 79.9. The molecule has 88 valence electrons. The van der Waals surface area contributed by atoms with Crippen LogP contribution in [0, 0.1) is 5.92 Å². The van der Waals surface area contributed by atoms with Gasteiger partial charge in [0.05, 0.1) is 0 Å². The average Bonchev–Trinajstić information content (AvgIpc) is 2.84. The second-order valence-corrected chi connectivity index (χ2v) is 5.72. The molecule has 0 radical (unpaired) electrons. The van der Waals surface area contributed by atoms with Gasteiger partial charge >= 0.3 is 0 Å². The van der Waals surface area contributed by atoms with Crippen molar-refractivity contribution in [3.63, 3.8) is 0 Å². The first-order chi connectivity index (χ1) is 7.31. The van der Waals surface area contributed by atoms with Gasteiger partial charge in [0, 0.05) is 24.5 Å². The van der Waals surface area contributed by atoms with Gasteiger partial charge in [-0.1, -0.05) is 22.9 Å². The molecule has 2 unspecified atom stereocenters. The van der Waals surface area contributed by atoms with Gasteiger partial charge < -0.3 is 4.90 Å². The highest BCUT2D eigenvalue weighted by molar-refractivity contribution is 9.09. The molecule has 0 spiro atoms. The predicted octanol–water partition coefficient (Wildman–Crippen LogP) is 2.19. The molecule has 0 aromatic carbocycles. The molecule has 2 aliphatic rings. The first-order valence-corrected chi connectivity index (χ1v) is 7.46. The molecule has 0 aromatic heterocycles. The lowest BCUT2D eigenvalue weighted by Crippen LogP contribution is -2.39. The number of likely N-dealkylation sites (tertiary alicyclic amines) is 2. The smallest absolute Gasteiger partial charge is 0.0219 e. The Morgan fingerprint density at radius 3 is 2.53 bits per heavy atom. The lowest BCUT2D eigenvalue weighted by molar-refractivity contribution is 0.211. The molecule has 2 heterocycles. The monoisotopic (exact) mass is 274 g/mol.